The second-order valence-corrected chi connectivity index (χ2v) is 5.28. The number of hydrogen-bond donors (Lipinski definition) is 3. The third-order valence-electron chi connectivity index (χ3n) is 3.88. The smallest absolute Gasteiger partial charge is 0.319 e. The number of benzene rings is 1. The number of methoxy groups -OCH3 is 1. The quantitative estimate of drug-likeness (QED) is 0.799. The van der Waals surface area contributed by atoms with E-state index in [1.54, 1.807) is 0 Å². The van der Waals surface area contributed by atoms with Gasteiger partial charge in [0.05, 0.1) is 12.8 Å². The molecule has 2 rings (SSSR count). The molecular formula is C15H21FN2O3. The summed E-state index contributed by atoms with van der Waals surface area (Å²) in [6, 6.07) is 3.62. The molecule has 116 valence electrons. The molecule has 0 aliphatic heterocycles. The number of carbonyl (C=O) groups is 1. The van der Waals surface area contributed by atoms with Crippen molar-refractivity contribution in [2.45, 2.75) is 31.7 Å². The Labute approximate surface area is 123 Å². The summed E-state index contributed by atoms with van der Waals surface area (Å²) in [4.78, 5) is 12.0. The maximum atomic E-state index is 13.6. The van der Waals surface area contributed by atoms with Gasteiger partial charge in [0.1, 0.15) is 11.6 Å². The average molecular weight is 296 g/mol. The van der Waals surface area contributed by atoms with Gasteiger partial charge < -0.3 is 20.5 Å². The van der Waals surface area contributed by atoms with Crippen molar-refractivity contribution in [2.75, 3.05) is 19.0 Å². The second-order valence-electron chi connectivity index (χ2n) is 5.28. The molecule has 1 aromatic carbocycles. The van der Waals surface area contributed by atoms with Gasteiger partial charge in [-0.1, -0.05) is 12.8 Å². The summed E-state index contributed by atoms with van der Waals surface area (Å²) in [7, 11) is 1.48. The molecule has 0 heterocycles. The lowest BCUT2D eigenvalue weighted by Crippen LogP contribution is -2.45. The Hall–Kier alpha value is -1.82. The van der Waals surface area contributed by atoms with E-state index < -0.39 is 11.8 Å². The summed E-state index contributed by atoms with van der Waals surface area (Å²) in [6.07, 6.45) is 3.82. The van der Waals surface area contributed by atoms with Crippen LogP contribution in [0.5, 0.6) is 5.75 Å². The second kappa shape index (κ2) is 7.26. The molecule has 5 nitrogen and oxygen atoms in total. The highest BCUT2D eigenvalue weighted by Crippen LogP contribution is 2.25. The summed E-state index contributed by atoms with van der Waals surface area (Å²) in [5.74, 6) is 0.0190. The highest BCUT2D eigenvalue weighted by atomic mass is 19.1. The normalized spacial score (nSPS) is 21.7. The maximum absolute atomic E-state index is 13.6. The maximum Gasteiger partial charge on any atom is 0.319 e. The number of nitrogens with one attached hydrogen (secondary N) is 2. The Morgan fingerprint density at radius 2 is 2.19 bits per heavy atom. The standard InChI is InChI=1S/C15H21FN2O3/c1-21-11-6-7-12(16)14(8-11)18-15(20)17-13-5-3-2-4-10(13)9-19/h6-8,10,13,19H,2-5,9H2,1H3,(H2,17,18,20). The molecule has 0 aromatic heterocycles. The molecule has 1 aliphatic rings. The number of aliphatic hydroxyl groups is 1. The zero-order chi connectivity index (χ0) is 15.2. The lowest BCUT2D eigenvalue weighted by molar-refractivity contribution is 0.156. The zero-order valence-electron chi connectivity index (χ0n) is 12.1. The molecule has 2 unspecified atom stereocenters. The fourth-order valence-electron chi connectivity index (χ4n) is 2.67. The molecule has 1 saturated carbocycles. The molecule has 21 heavy (non-hydrogen) atoms. The molecule has 1 aliphatic carbocycles. The van der Waals surface area contributed by atoms with Crippen molar-refractivity contribution in [3.63, 3.8) is 0 Å². The van der Waals surface area contributed by atoms with Crippen LogP contribution in [-0.2, 0) is 0 Å². The summed E-state index contributed by atoms with van der Waals surface area (Å²) in [5.41, 5.74) is 0.0724. The van der Waals surface area contributed by atoms with Crippen molar-refractivity contribution < 1.29 is 19.0 Å². The number of anilines is 1. The molecule has 6 heteroatoms. The highest BCUT2D eigenvalue weighted by Gasteiger charge is 2.26. The van der Waals surface area contributed by atoms with Gasteiger partial charge in [-0.3, -0.25) is 0 Å². The predicted octanol–water partition coefficient (Wildman–Crippen LogP) is 2.51. The Kier molecular flexibility index (Phi) is 5.38. The third kappa shape index (κ3) is 4.07. The van der Waals surface area contributed by atoms with Crippen molar-refractivity contribution in [3.05, 3.63) is 24.0 Å². The average Bonchev–Trinajstić information content (AvgIpc) is 2.50. The minimum atomic E-state index is -0.520. The van der Waals surface area contributed by atoms with Crippen molar-refractivity contribution in [1.29, 1.82) is 0 Å². The Morgan fingerprint density at radius 3 is 2.90 bits per heavy atom. The third-order valence-corrected chi connectivity index (χ3v) is 3.88. The lowest BCUT2D eigenvalue weighted by Gasteiger charge is -2.30. The van der Waals surface area contributed by atoms with Gasteiger partial charge in [-0.25, -0.2) is 9.18 Å². The highest BCUT2D eigenvalue weighted by molar-refractivity contribution is 5.89. The van der Waals surface area contributed by atoms with E-state index in [9.17, 15) is 14.3 Å². The Morgan fingerprint density at radius 1 is 1.43 bits per heavy atom. The van der Waals surface area contributed by atoms with Crippen LogP contribution in [0.2, 0.25) is 0 Å². The minimum absolute atomic E-state index is 0.0540. The lowest BCUT2D eigenvalue weighted by atomic mass is 9.85. The van der Waals surface area contributed by atoms with E-state index in [2.05, 4.69) is 10.6 Å². The van der Waals surface area contributed by atoms with Gasteiger partial charge in [0, 0.05) is 24.6 Å². The van der Waals surface area contributed by atoms with Crippen LogP contribution in [-0.4, -0.2) is 30.9 Å². The van der Waals surface area contributed by atoms with Crippen molar-refractivity contribution in [2.24, 2.45) is 5.92 Å². The molecule has 3 N–H and O–H groups in total. The fourth-order valence-corrected chi connectivity index (χ4v) is 2.67. The minimum Gasteiger partial charge on any atom is -0.497 e. The summed E-state index contributed by atoms with van der Waals surface area (Å²) >= 11 is 0. The van der Waals surface area contributed by atoms with Crippen LogP contribution in [0.25, 0.3) is 0 Å². The van der Waals surface area contributed by atoms with E-state index in [1.165, 1.54) is 25.3 Å². The summed E-state index contributed by atoms with van der Waals surface area (Å²) in [6.45, 7) is 0.0540. The number of halogens is 1. The molecule has 0 bridgehead atoms. The zero-order valence-corrected chi connectivity index (χ0v) is 12.1. The van der Waals surface area contributed by atoms with Crippen LogP contribution >= 0.6 is 0 Å². The van der Waals surface area contributed by atoms with Crippen molar-refractivity contribution in [1.82, 2.24) is 5.32 Å². The van der Waals surface area contributed by atoms with Crippen molar-refractivity contribution in [3.8, 4) is 5.75 Å². The monoisotopic (exact) mass is 296 g/mol. The first kappa shape index (κ1) is 15.6. The van der Waals surface area contributed by atoms with Gasteiger partial charge in [0.15, 0.2) is 0 Å². The number of carbonyl (C=O) groups excluding carboxylic acids is 1. The predicted molar refractivity (Wildman–Crippen MR) is 77.9 cm³/mol. The topological polar surface area (TPSA) is 70.6 Å². The molecule has 1 aromatic rings. The van der Waals surface area contributed by atoms with Gasteiger partial charge in [-0.05, 0) is 25.0 Å². The number of hydrogen-bond acceptors (Lipinski definition) is 3. The number of ether oxygens (including phenoxy) is 1. The van der Waals surface area contributed by atoms with E-state index in [0.717, 1.165) is 25.7 Å². The first-order valence-electron chi connectivity index (χ1n) is 7.16. The van der Waals surface area contributed by atoms with E-state index >= 15 is 0 Å². The molecule has 0 saturated heterocycles. The van der Waals surface area contributed by atoms with Gasteiger partial charge >= 0.3 is 6.03 Å². The largest absolute Gasteiger partial charge is 0.497 e. The number of amides is 2. The first-order chi connectivity index (χ1) is 10.1. The van der Waals surface area contributed by atoms with E-state index in [4.69, 9.17) is 4.74 Å². The SMILES string of the molecule is COc1ccc(F)c(NC(=O)NC2CCCCC2CO)c1. The molecule has 0 radical (unpaired) electrons. The van der Waals surface area contributed by atoms with Crippen molar-refractivity contribution >= 4 is 11.7 Å². The number of urea groups is 1. The summed E-state index contributed by atoms with van der Waals surface area (Å²) in [5, 5.41) is 14.6. The number of rotatable bonds is 4. The van der Waals surface area contributed by atoms with E-state index in [0.29, 0.717) is 5.75 Å². The van der Waals surface area contributed by atoms with Crippen LogP contribution in [0.1, 0.15) is 25.7 Å². The van der Waals surface area contributed by atoms with Crippen LogP contribution in [0.3, 0.4) is 0 Å². The molecular weight excluding hydrogens is 275 g/mol. The number of aliphatic hydroxyl groups excluding tert-OH is 1. The van der Waals surface area contributed by atoms with Crippen LogP contribution < -0.4 is 15.4 Å². The fraction of sp³-hybridized carbons (Fsp3) is 0.533. The van der Waals surface area contributed by atoms with Gasteiger partial charge in [-0.2, -0.15) is 0 Å². The molecule has 1 fully saturated rings. The molecule has 0 spiro atoms. The Bertz CT molecular complexity index is 496. The van der Waals surface area contributed by atoms with Crippen LogP contribution in [0, 0.1) is 11.7 Å². The van der Waals surface area contributed by atoms with Crippen LogP contribution in [0.4, 0.5) is 14.9 Å². The van der Waals surface area contributed by atoms with Gasteiger partial charge in [0.2, 0.25) is 0 Å². The Balaban J connectivity index is 1.98. The molecule has 2 atom stereocenters. The van der Waals surface area contributed by atoms with E-state index in [-0.39, 0.29) is 24.3 Å². The van der Waals surface area contributed by atoms with Gasteiger partial charge in [-0.15, -0.1) is 0 Å². The first-order valence-corrected chi connectivity index (χ1v) is 7.16. The van der Waals surface area contributed by atoms with Gasteiger partial charge in [0.25, 0.3) is 0 Å². The molecule has 2 amide bonds. The van der Waals surface area contributed by atoms with Crippen LogP contribution in [0.15, 0.2) is 18.2 Å². The van der Waals surface area contributed by atoms with E-state index in [1.807, 2.05) is 0 Å². The summed E-state index contributed by atoms with van der Waals surface area (Å²) < 4.78 is 18.7.